The van der Waals surface area contributed by atoms with Gasteiger partial charge in [0.2, 0.25) is 15.9 Å². The number of hydrogen-bond donors (Lipinski definition) is 4. The molecule has 1 aromatic carbocycles. The van der Waals surface area contributed by atoms with Gasteiger partial charge < -0.3 is 16.0 Å². The minimum Gasteiger partial charge on any atom is -0.354 e. The van der Waals surface area contributed by atoms with Gasteiger partial charge in [-0.15, -0.1) is 0 Å². The van der Waals surface area contributed by atoms with Crippen LogP contribution in [0.3, 0.4) is 0 Å². The highest BCUT2D eigenvalue weighted by molar-refractivity contribution is 7.89. The lowest BCUT2D eigenvalue weighted by Gasteiger charge is -2.25. The number of nitrogens with one attached hydrogen (secondary N) is 4. The SMILES string of the molecule is CC(C)C[C@H](NC(=O)NC1CCCCC1)C(=O)NCCCCNS(=O)(=O)c1ccc(F)cc1C(F)(F)F. The maximum absolute atomic E-state index is 13.2. The summed E-state index contributed by atoms with van der Waals surface area (Å²) in [5, 5.41) is 8.37. The Morgan fingerprint density at radius 3 is 2.32 bits per heavy atom. The Hall–Kier alpha value is -2.41. The van der Waals surface area contributed by atoms with Crippen molar-refractivity contribution in [3.63, 3.8) is 0 Å². The van der Waals surface area contributed by atoms with Gasteiger partial charge in [-0.1, -0.05) is 33.1 Å². The molecule has 1 aromatic rings. The molecule has 0 aliphatic heterocycles. The molecule has 1 fully saturated rings. The minimum absolute atomic E-state index is 0.0995. The first kappa shape index (κ1) is 30.8. The van der Waals surface area contributed by atoms with E-state index >= 15 is 0 Å². The molecule has 210 valence electrons. The summed E-state index contributed by atoms with van der Waals surface area (Å²) in [6.07, 6.45) is 1.06. The van der Waals surface area contributed by atoms with Crippen molar-refractivity contribution in [1.82, 2.24) is 20.7 Å². The van der Waals surface area contributed by atoms with Crippen LogP contribution >= 0.6 is 0 Å². The van der Waals surface area contributed by atoms with E-state index in [9.17, 15) is 35.6 Å². The fourth-order valence-electron chi connectivity index (χ4n) is 4.16. The fraction of sp³-hybridized carbons (Fsp3) is 0.667. The molecule has 0 heterocycles. The van der Waals surface area contributed by atoms with Gasteiger partial charge >= 0.3 is 12.2 Å². The van der Waals surface area contributed by atoms with Crippen molar-refractivity contribution < 1.29 is 35.6 Å². The minimum atomic E-state index is -5.04. The summed E-state index contributed by atoms with van der Waals surface area (Å²) in [4.78, 5) is 24.0. The number of rotatable bonds is 12. The van der Waals surface area contributed by atoms with E-state index in [-0.39, 0.29) is 49.5 Å². The van der Waals surface area contributed by atoms with Crippen LogP contribution in [0.25, 0.3) is 0 Å². The average molecular weight is 553 g/mol. The lowest BCUT2D eigenvalue weighted by Crippen LogP contribution is -2.52. The Labute approximate surface area is 215 Å². The number of amides is 3. The Balaban J connectivity index is 1.80. The Kier molecular flexibility index (Phi) is 11.6. The summed E-state index contributed by atoms with van der Waals surface area (Å²) < 4.78 is 79.4. The molecule has 1 aliphatic carbocycles. The molecular formula is C24H36F4N4O4S. The van der Waals surface area contributed by atoms with Crippen LogP contribution in [-0.2, 0) is 21.0 Å². The van der Waals surface area contributed by atoms with Crippen molar-refractivity contribution in [3.8, 4) is 0 Å². The molecule has 3 amide bonds. The number of benzene rings is 1. The molecule has 13 heteroatoms. The zero-order valence-electron chi connectivity index (χ0n) is 21.1. The van der Waals surface area contributed by atoms with Gasteiger partial charge in [-0.3, -0.25) is 4.79 Å². The highest BCUT2D eigenvalue weighted by atomic mass is 32.2. The lowest BCUT2D eigenvalue weighted by molar-refractivity contribution is -0.140. The van der Waals surface area contributed by atoms with Gasteiger partial charge in [0.15, 0.2) is 0 Å². The lowest BCUT2D eigenvalue weighted by atomic mass is 9.96. The predicted molar refractivity (Wildman–Crippen MR) is 131 cm³/mol. The van der Waals surface area contributed by atoms with Crippen LogP contribution in [0.15, 0.2) is 23.1 Å². The summed E-state index contributed by atoms with van der Waals surface area (Å²) in [6, 6.07) is 0.342. The third kappa shape index (κ3) is 10.5. The second-order valence-electron chi connectivity index (χ2n) is 9.67. The topological polar surface area (TPSA) is 116 Å². The molecule has 1 saturated carbocycles. The summed E-state index contributed by atoms with van der Waals surface area (Å²) in [6.45, 7) is 3.87. The number of hydrogen-bond acceptors (Lipinski definition) is 4. The second kappa shape index (κ2) is 13.9. The number of unbranched alkanes of at least 4 members (excludes halogenated alkanes) is 1. The van der Waals surface area contributed by atoms with Gasteiger partial charge in [0.25, 0.3) is 0 Å². The van der Waals surface area contributed by atoms with Crippen molar-refractivity contribution in [2.75, 3.05) is 13.1 Å². The number of sulfonamides is 1. The molecule has 4 N–H and O–H groups in total. The second-order valence-corrected chi connectivity index (χ2v) is 11.4. The maximum Gasteiger partial charge on any atom is 0.417 e. The van der Waals surface area contributed by atoms with Crippen molar-refractivity contribution in [2.24, 2.45) is 5.92 Å². The van der Waals surface area contributed by atoms with E-state index in [1.807, 2.05) is 13.8 Å². The number of halogens is 4. The predicted octanol–water partition coefficient (Wildman–Crippen LogP) is 4.07. The molecule has 1 atom stereocenters. The highest BCUT2D eigenvalue weighted by Crippen LogP contribution is 2.34. The molecule has 0 unspecified atom stereocenters. The van der Waals surface area contributed by atoms with E-state index in [2.05, 4.69) is 20.7 Å². The first-order valence-electron chi connectivity index (χ1n) is 12.5. The molecular weight excluding hydrogens is 516 g/mol. The monoisotopic (exact) mass is 552 g/mol. The van der Waals surface area contributed by atoms with Crippen LogP contribution in [0.1, 0.15) is 70.8 Å². The molecule has 0 saturated heterocycles. The Morgan fingerprint density at radius 2 is 1.70 bits per heavy atom. The standard InChI is InChI=1S/C24H36F4N4O4S/c1-16(2)14-20(32-23(34)31-18-8-4-3-5-9-18)22(33)29-12-6-7-13-30-37(35,36)21-11-10-17(25)15-19(21)24(26,27)28/h10-11,15-16,18,20,30H,3-9,12-14H2,1-2H3,(H,29,33)(H2,31,32,34)/t20-/m0/s1. The third-order valence-electron chi connectivity index (χ3n) is 6.00. The molecule has 0 radical (unpaired) electrons. The highest BCUT2D eigenvalue weighted by Gasteiger charge is 2.37. The number of carbonyl (C=O) groups is 2. The van der Waals surface area contributed by atoms with Crippen molar-refractivity contribution >= 4 is 22.0 Å². The van der Waals surface area contributed by atoms with Gasteiger partial charge in [-0.25, -0.2) is 22.3 Å². The van der Waals surface area contributed by atoms with Gasteiger partial charge in [-0.05, 0) is 56.2 Å². The summed E-state index contributed by atoms with van der Waals surface area (Å²) >= 11 is 0. The fourth-order valence-corrected chi connectivity index (χ4v) is 5.44. The molecule has 8 nitrogen and oxygen atoms in total. The molecule has 0 bridgehead atoms. The summed E-state index contributed by atoms with van der Waals surface area (Å²) in [5.41, 5.74) is -1.58. The molecule has 0 aromatic heterocycles. The van der Waals surface area contributed by atoms with Crippen molar-refractivity contribution in [1.29, 1.82) is 0 Å². The van der Waals surface area contributed by atoms with E-state index in [1.165, 1.54) is 0 Å². The quantitative estimate of drug-likeness (QED) is 0.231. The van der Waals surface area contributed by atoms with Crippen LogP contribution in [0.4, 0.5) is 22.4 Å². The van der Waals surface area contributed by atoms with Crippen LogP contribution < -0.4 is 20.7 Å². The zero-order valence-corrected chi connectivity index (χ0v) is 21.9. The van der Waals surface area contributed by atoms with Gasteiger partial charge in [-0.2, -0.15) is 13.2 Å². The van der Waals surface area contributed by atoms with Crippen molar-refractivity contribution in [2.45, 2.75) is 88.4 Å². The molecule has 1 aliphatic rings. The van der Waals surface area contributed by atoms with E-state index < -0.39 is 38.5 Å². The van der Waals surface area contributed by atoms with Crippen LogP contribution in [0, 0.1) is 11.7 Å². The van der Waals surface area contributed by atoms with E-state index in [0.29, 0.717) is 25.0 Å². The molecule has 37 heavy (non-hydrogen) atoms. The summed E-state index contributed by atoms with van der Waals surface area (Å²) in [7, 11) is -4.53. The smallest absolute Gasteiger partial charge is 0.354 e. The summed E-state index contributed by atoms with van der Waals surface area (Å²) in [5.74, 6) is -1.42. The normalized spacial score (nSPS) is 15.9. The third-order valence-corrected chi connectivity index (χ3v) is 7.52. The Morgan fingerprint density at radius 1 is 1.05 bits per heavy atom. The van der Waals surface area contributed by atoms with Gasteiger partial charge in [0.1, 0.15) is 11.9 Å². The van der Waals surface area contributed by atoms with E-state index in [1.54, 1.807) is 0 Å². The first-order chi connectivity index (χ1) is 17.3. The van der Waals surface area contributed by atoms with Crippen LogP contribution in [0.5, 0.6) is 0 Å². The number of alkyl halides is 3. The van der Waals surface area contributed by atoms with Crippen molar-refractivity contribution in [3.05, 3.63) is 29.6 Å². The van der Waals surface area contributed by atoms with Crippen LogP contribution in [-0.4, -0.2) is 45.5 Å². The van der Waals surface area contributed by atoms with Gasteiger partial charge in [0, 0.05) is 19.1 Å². The van der Waals surface area contributed by atoms with Gasteiger partial charge in [0.05, 0.1) is 10.5 Å². The number of urea groups is 1. The van der Waals surface area contributed by atoms with E-state index in [0.717, 1.165) is 32.1 Å². The Bertz CT molecular complexity index is 1010. The first-order valence-corrected chi connectivity index (χ1v) is 14.0. The maximum atomic E-state index is 13.2. The number of carbonyl (C=O) groups excluding carboxylic acids is 2. The van der Waals surface area contributed by atoms with Crippen LogP contribution in [0.2, 0.25) is 0 Å². The molecule has 0 spiro atoms. The average Bonchev–Trinajstić information content (AvgIpc) is 2.80. The zero-order chi connectivity index (χ0) is 27.6. The molecule has 2 rings (SSSR count). The largest absolute Gasteiger partial charge is 0.417 e. The van der Waals surface area contributed by atoms with E-state index in [4.69, 9.17) is 0 Å².